The molecule has 0 saturated heterocycles. The molecule has 1 heterocycles. The van der Waals surface area contributed by atoms with Crippen molar-refractivity contribution >= 4 is 17.9 Å². The van der Waals surface area contributed by atoms with Gasteiger partial charge in [0.15, 0.2) is 6.29 Å². The molecule has 1 aromatic rings. The number of alkyl halides is 2. The van der Waals surface area contributed by atoms with Crippen LogP contribution in [0, 0.1) is 0 Å². The molecule has 1 aromatic heterocycles. The van der Waals surface area contributed by atoms with Crippen molar-refractivity contribution in [2.24, 2.45) is 0 Å². The highest BCUT2D eigenvalue weighted by atomic mass is 35.5. The summed E-state index contributed by atoms with van der Waals surface area (Å²) in [5.41, 5.74) is -0.601. The van der Waals surface area contributed by atoms with Crippen LogP contribution in [0.1, 0.15) is 22.6 Å². The van der Waals surface area contributed by atoms with Gasteiger partial charge in [0.2, 0.25) is 0 Å². The molecule has 0 spiro atoms. The van der Waals surface area contributed by atoms with Crippen molar-refractivity contribution in [2.45, 2.75) is 6.43 Å². The summed E-state index contributed by atoms with van der Waals surface area (Å²) in [4.78, 5) is 13.5. The highest BCUT2D eigenvalue weighted by molar-refractivity contribution is 6.31. The summed E-state index contributed by atoms with van der Waals surface area (Å²) in [6.07, 6.45) is -2.36. The summed E-state index contributed by atoms with van der Waals surface area (Å²) in [6, 6.07) is 2.50. The SMILES string of the molecule is O=Cc1ccc(Cl)c(C(F)F)n1. The number of carbonyl (C=O) groups is 1. The van der Waals surface area contributed by atoms with E-state index < -0.39 is 12.1 Å². The van der Waals surface area contributed by atoms with Gasteiger partial charge in [0.25, 0.3) is 6.43 Å². The van der Waals surface area contributed by atoms with Crippen LogP contribution in [-0.2, 0) is 0 Å². The average Bonchev–Trinajstić information content (AvgIpc) is 2.05. The van der Waals surface area contributed by atoms with E-state index in [9.17, 15) is 13.6 Å². The van der Waals surface area contributed by atoms with E-state index in [2.05, 4.69) is 4.98 Å². The number of nitrogens with zero attached hydrogens (tertiary/aromatic N) is 1. The molecule has 0 aliphatic rings. The quantitative estimate of drug-likeness (QED) is 0.673. The lowest BCUT2D eigenvalue weighted by Crippen LogP contribution is -1.95. The Labute approximate surface area is 72.2 Å². The monoisotopic (exact) mass is 191 g/mol. The van der Waals surface area contributed by atoms with Gasteiger partial charge in [-0.1, -0.05) is 11.6 Å². The predicted octanol–water partition coefficient (Wildman–Crippen LogP) is 2.49. The van der Waals surface area contributed by atoms with E-state index in [4.69, 9.17) is 11.6 Å². The molecule has 0 bridgehead atoms. The minimum absolute atomic E-state index is 0.0466. The number of aldehydes is 1. The number of carbonyl (C=O) groups excluding carboxylic acids is 1. The summed E-state index contributed by atoms with van der Waals surface area (Å²) in [5, 5.41) is -0.129. The van der Waals surface area contributed by atoms with Crippen LogP contribution in [0.15, 0.2) is 12.1 Å². The Morgan fingerprint density at radius 3 is 2.67 bits per heavy atom. The number of hydrogen-bond acceptors (Lipinski definition) is 2. The first-order valence-corrected chi connectivity index (χ1v) is 3.42. The molecule has 0 aromatic carbocycles. The van der Waals surface area contributed by atoms with Crippen molar-refractivity contribution in [3.05, 3.63) is 28.5 Å². The van der Waals surface area contributed by atoms with E-state index in [1.165, 1.54) is 12.1 Å². The Bertz CT molecular complexity index is 303. The summed E-state index contributed by atoms with van der Waals surface area (Å²) >= 11 is 5.39. The van der Waals surface area contributed by atoms with Gasteiger partial charge in [-0.2, -0.15) is 0 Å². The first-order chi connectivity index (χ1) is 5.65. The van der Waals surface area contributed by atoms with Crippen molar-refractivity contribution in [1.29, 1.82) is 0 Å². The van der Waals surface area contributed by atoms with E-state index in [0.29, 0.717) is 6.29 Å². The van der Waals surface area contributed by atoms with Crippen LogP contribution in [-0.4, -0.2) is 11.3 Å². The Morgan fingerprint density at radius 2 is 2.17 bits per heavy atom. The first kappa shape index (κ1) is 9.06. The third kappa shape index (κ3) is 1.76. The Kier molecular flexibility index (Phi) is 2.70. The fraction of sp³-hybridized carbons (Fsp3) is 0.143. The number of halogens is 3. The van der Waals surface area contributed by atoms with E-state index in [-0.39, 0.29) is 10.7 Å². The second kappa shape index (κ2) is 3.58. The molecule has 64 valence electrons. The average molecular weight is 192 g/mol. The maximum atomic E-state index is 12.1. The zero-order valence-corrected chi connectivity index (χ0v) is 6.55. The third-order valence-corrected chi connectivity index (χ3v) is 1.54. The maximum Gasteiger partial charge on any atom is 0.281 e. The number of hydrogen-bond donors (Lipinski definition) is 0. The molecule has 0 aliphatic carbocycles. The summed E-state index contributed by atoms with van der Waals surface area (Å²) in [5.74, 6) is 0. The van der Waals surface area contributed by atoms with Crippen LogP contribution in [0.5, 0.6) is 0 Å². The molecule has 0 amide bonds. The zero-order valence-electron chi connectivity index (χ0n) is 5.80. The van der Waals surface area contributed by atoms with Gasteiger partial charge in [0.1, 0.15) is 11.4 Å². The number of aromatic nitrogens is 1. The van der Waals surface area contributed by atoms with Crippen LogP contribution in [0.4, 0.5) is 8.78 Å². The molecule has 0 fully saturated rings. The largest absolute Gasteiger partial charge is 0.296 e. The molecule has 0 unspecified atom stereocenters. The Morgan fingerprint density at radius 1 is 1.50 bits per heavy atom. The summed E-state index contributed by atoms with van der Waals surface area (Å²) < 4.78 is 24.2. The lowest BCUT2D eigenvalue weighted by Gasteiger charge is -2.01. The molecule has 0 atom stereocenters. The molecule has 0 saturated carbocycles. The van der Waals surface area contributed by atoms with E-state index >= 15 is 0 Å². The standard InChI is InChI=1S/C7H4ClF2NO/c8-5-2-1-4(3-12)11-6(5)7(9)10/h1-3,7H. The second-order valence-electron chi connectivity index (χ2n) is 2.02. The van der Waals surface area contributed by atoms with Crippen LogP contribution in [0.3, 0.4) is 0 Å². The van der Waals surface area contributed by atoms with Crippen molar-refractivity contribution in [3.63, 3.8) is 0 Å². The lowest BCUT2D eigenvalue weighted by atomic mass is 10.3. The zero-order chi connectivity index (χ0) is 9.14. The minimum Gasteiger partial charge on any atom is -0.296 e. The van der Waals surface area contributed by atoms with Gasteiger partial charge in [-0.15, -0.1) is 0 Å². The summed E-state index contributed by atoms with van der Waals surface area (Å²) in [6.45, 7) is 0. The smallest absolute Gasteiger partial charge is 0.281 e. The lowest BCUT2D eigenvalue weighted by molar-refractivity contribution is 0.111. The van der Waals surface area contributed by atoms with E-state index in [1.54, 1.807) is 0 Å². The topological polar surface area (TPSA) is 30.0 Å². The first-order valence-electron chi connectivity index (χ1n) is 3.05. The van der Waals surface area contributed by atoms with Gasteiger partial charge in [-0.05, 0) is 12.1 Å². The fourth-order valence-electron chi connectivity index (χ4n) is 0.692. The molecular weight excluding hydrogens is 188 g/mol. The molecular formula is C7H4ClF2NO. The maximum absolute atomic E-state index is 12.1. The summed E-state index contributed by atoms with van der Waals surface area (Å²) in [7, 11) is 0. The molecule has 0 radical (unpaired) electrons. The van der Waals surface area contributed by atoms with E-state index in [0.717, 1.165) is 0 Å². The third-order valence-electron chi connectivity index (χ3n) is 1.22. The van der Waals surface area contributed by atoms with Crippen molar-refractivity contribution < 1.29 is 13.6 Å². The van der Waals surface area contributed by atoms with Crippen molar-refractivity contribution in [1.82, 2.24) is 4.98 Å². The van der Waals surface area contributed by atoms with Gasteiger partial charge >= 0.3 is 0 Å². The second-order valence-corrected chi connectivity index (χ2v) is 2.43. The highest BCUT2D eigenvalue weighted by Gasteiger charge is 2.13. The highest BCUT2D eigenvalue weighted by Crippen LogP contribution is 2.24. The fourth-order valence-corrected chi connectivity index (χ4v) is 0.880. The number of pyridine rings is 1. The molecule has 1 rings (SSSR count). The van der Waals surface area contributed by atoms with Gasteiger partial charge in [-0.3, -0.25) is 4.79 Å². The van der Waals surface area contributed by atoms with Crippen molar-refractivity contribution in [2.75, 3.05) is 0 Å². The van der Waals surface area contributed by atoms with Crippen LogP contribution in [0.25, 0.3) is 0 Å². The van der Waals surface area contributed by atoms with Crippen LogP contribution in [0.2, 0.25) is 5.02 Å². The van der Waals surface area contributed by atoms with Crippen molar-refractivity contribution in [3.8, 4) is 0 Å². The minimum atomic E-state index is -2.75. The normalized spacial score (nSPS) is 10.3. The van der Waals surface area contributed by atoms with Gasteiger partial charge in [-0.25, -0.2) is 13.8 Å². The molecule has 5 heteroatoms. The van der Waals surface area contributed by atoms with Crippen LogP contribution < -0.4 is 0 Å². The van der Waals surface area contributed by atoms with Gasteiger partial charge < -0.3 is 0 Å². The Balaban J connectivity index is 3.16. The molecule has 12 heavy (non-hydrogen) atoms. The molecule has 2 nitrogen and oxygen atoms in total. The number of rotatable bonds is 2. The van der Waals surface area contributed by atoms with Gasteiger partial charge in [0.05, 0.1) is 5.02 Å². The molecule has 0 N–H and O–H groups in total. The van der Waals surface area contributed by atoms with E-state index in [1.807, 2.05) is 0 Å². The van der Waals surface area contributed by atoms with Crippen LogP contribution >= 0.6 is 11.6 Å². The van der Waals surface area contributed by atoms with Gasteiger partial charge in [0, 0.05) is 0 Å². The molecule has 0 aliphatic heterocycles. The Hall–Kier alpha value is -1.03. The predicted molar refractivity (Wildman–Crippen MR) is 39.6 cm³/mol.